The summed E-state index contributed by atoms with van der Waals surface area (Å²) in [5.41, 5.74) is 0. The van der Waals surface area contributed by atoms with Gasteiger partial charge in [-0.3, -0.25) is 0 Å². The molecule has 2 N–H and O–H groups in total. The number of unbranched alkanes of at least 4 members (excludes halogenated alkanes) is 6. The topological polar surface area (TPSA) is 40.5 Å². The van der Waals surface area contributed by atoms with E-state index in [-0.39, 0.29) is 21.7 Å². The van der Waals surface area contributed by atoms with Gasteiger partial charge in [0, 0.05) is 34.9 Å². The molecule has 0 bridgehead atoms. The average Bonchev–Trinajstić information content (AvgIpc) is 2.21. The molecule has 0 aromatic heterocycles. The third-order valence-corrected chi connectivity index (χ3v) is 2.02. The van der Waals surface area contributed by atoms with Gasteiger partial charge in [-0.05, 0) is 12.8 Å². The van der Waals surface area contributed by atoms with Gasteiger partial charge < -0.3 is 10.2 Å². The Morgan fingerprint density at radius 3 is 1.13 bits per heavy atom. The molecule has 3 heteroatoms. The van der Waals surface area contributed by atoms with Crippen molar-refractivity contribution in [2.75, 3.05) is 13.2 Å². The summed E-state index contributed by atoms with van der Waals surface area (Å²) in [6.07, 6.45) is 9.36. The maximum Gasteiger partial charge on any atom is 0.0431 e. The number of rotatable bonds is 8. The summed E-state index contributed by atoms with van der Waals surface area (Å²) in [4.78, 5) is 0. The minimum atomic E-state index is 0. The smallest absolute Gasteiger partial charge is 0.0431 e. The molecule has 0 saturated carbocycles. The zero-order valence-electron chi connectivity index (χ0n) is 10.5. The van der Waals surface area contributed by atoms with E-state index >= 15 is 0 Å². The van der Waals surface area contributed by atoms with Crippen molar-refractivity contribution >= 4 is 0 Å². The summed E-state index contributed by atoms with van der Waals surface area (Å²) >= 11 is 0. The van der Waals surface area contributed by atoms with Crippen LogP contribution in [0.2, 0.25) is 0 Å². The Hall–Kier alpha value is 0.634. The minimum absolute atomic E-state index is 0. The summed E-state index contributed by atoms with van der Waals surface area (Å²) in [6, 6.07) is 0. The fourth-order valence-corrected chi connectivity index (χ4v) is 1.08. The first-order valence-corrected chi connectivity index (χ1v) is 6.05. The van der Waals surface area contributed by atoms with Gasteiger partial charge in [0.25, 0.3) is 0 Å². The first-order chi connectivity index (χ1) is 6.83. The van der Waals surface area contributed by atoms with Crippen LogP contribution in [0.5, 0.6) is 0 Å². The van der Waals surface area contributed by atoms with Gasteiger partial charge in [0.1, 0.15) is 0 Å². The van der Waals surface area contributed by atoms with Gasteiger partial charge in [-0.15, -0.1) is 0 Å². The molecular weight excluding hydrogens is 224 g/mol. The second kappa shape index (κ2) is 24.1. The van der Waals surface area contributed by atoms with Crippen LogP contribution in [-0.4, -0.2) is 23.4 Å². The van der Waals surface area contributed by atoms with Crippen molar-refractivity contribution < 1.29 is 31.9 Å². The van der Waals surface area contributed by atoms with E-state index in [1.54, 1.807) is 0 Å². The molecule has 92 valence electrons. The Bertz CT molecular complexity index is 62.0. The monoisotopic (exact) mass is 252 g/mol. The maximum atomic E-state index is 8.29. The Morgan fingerprint density at radius 1 is 0.600 bits per heavy atom. The zero-order valence-corrected chi connectivity index (χ0v) is 12.0. The average molecular weight is 252 g/mol. The molecule has 0 aromatic rings. The van der Waals surface area contributed by atoms with Gasteiger partial charge in [0.05, 0.1) is 0 Å². The SMILES string of the molecule is CCCCCCO.CCCCCCO.[Ti]. The number of hydrogen-bond donors (Lipinski definition) is 2. The van der Waals surface area contributed by atoms with Crippen LogP contribution in [0.1, 0.15) is 65.2 Å². The number of aliphatic hydroxyl groups excluding tert-OH is 2. The molecule has 0 aromatic carbocycles. The van der Waals surface area contributed by atoms with Crippen molar-refractivity contribution in [2.45, 2.75) is 65.2 Å². The van der Waals surface area contributed by atoms with Crippen molar-refractivity contribution in [2.24, 2.45) is 0 Å². The predicted octanol–water partition coefficient (Wildman–Crippen LogP) is 3.12. The summed E-state index contributed by atoms with van der Waals surface area (Å²) in [6.45, 7) is 5.05. The normalized spacial score (nSPS) is 8.80. The molecule has 0 aliphatic rings. The van der Waals surface area contributed by atoms with Crippen molar-refractivity contribution in [3.8, 4) is 0 Å². The fourth-order valence-electron chi connectivity index (χ4n) is 1.08. The molecule has 0 spiro atoms. The van der Waals surface area contributed by atoms with Crippen molar-refractivity contribution in [3.63, 3.8) is 0 Å². The molecule has 0 rings (SSSR count). The molecule has 0 unspecified atom stereocenters. The summed E-state index contributed by atoms with van der Waals surface area (Å²) in [7, 11) is 0. The van der Waals surface area contributed by atoms with Gasteiger partial charge in [-0.1, -0.05) is 52.4 Å². The largest absolute Gasteiger partial charge is 0.396 e. The van der Waals surface area contributed by atoms with E-state index in [9.17, 15) is 0 Å². The third kappa shape index (κ3) is 31.3. The molecule has 0 atom stereocenters. The van der Waals surface area contributed by atoms with Gasteiger partial charge in [0.2, 0.25) is 0 Å². The Labute approximate surface area is 110 Å². The first kappa shape index (κ1) is 21.0. The summed E-state index contributed by atoms with van der Waals surface area (Å²) < 4.78 is 0. The van der Waals surface area contributed by atoms with E-state index in [1.807, 2.05) is 0 Å². The van der Waals surface area contributed by atoms with Crippen LogP contribution in [0.15, 0.2) is 0 Å². The number of hydrogen-bond acceptors (Lipinski definition) is 2. The van der Waals surface area contributed by atoms with Crippen LogP contribution < -0.4 is 0 Å². The van der Waals surface area contributed by atoms with Gasteiger partial charge in [-0.25, -0.2) is 0 Å². The molecule has 2 nitrogen and oxygen atoms in total. The molecule has 0 heterocycles. The van der Waals surface area contributed by atoms with Gasteiger partial charge in [0.15, 0.2) is 0 Å². The molecular formula is C12H28O2Ti. The van der Waals surface area contributed by atoms with E-state index in [0.717, 1.165) is 12.8 Å². The van der Waals surface area contributed by atoms with Crippen LogP contribution in [0.25, 0.3) is 0 Å². The molecule has 0 aliphatic heterocycles. The fraction of sp³-hybridized carbons (Fsp3) is 1.00. The van der Waals surface area contributed by atoms with Crippen LogP contribution in [0, 0.1) is 0 Å². The van der Waals surface area contributed by atoms with E-state index in [2.05, 4.69) is 13.8 Å². The minimum Gasteiger partial charge on any atom is -0.396 e. The summed E-state index contributed by atoms with van der Waals surface area (Å²) in [5, 5.41) is 16.6. The quantitative estimate of drug-likeness (QED) is 0.514. The molecule has 0 saturated heterocycles. The van der Waals surface area contributed by atoms with E-state index in [1.165, 1.54) is 38.5 Å². The maximum absolute atomic E-state index is 8.29. The van der Waals surface area contributed by atoms with Crippen molar-refractivity contribution in [1.82, 2.24) is 0 Å². The first-order valence-electron chi connectivity index (χ1n) is 6.05. The van der Waals surface area contributed by atoms with Crippen LogP contribution in [0.4, 0.5) is 0 Å². The molecule has 15 heavy (non-hydrogen) atoms. The Balaban J connectivity index is -0.000000180. The predicted molar refractivity (Wildman–Crippen MR) is 62.5 cm³/mol. The zero-order chi connectivity index (χ0) is 11.1. The van der Waals surface area contributed by atoms with Gasteiger partial charge in [-0.2, -0.15) is 0 Å². The molecule has 0 fully saturated rings. The van der Waals surface area contributed by atoms with Gasteiger partial charge >= 0.3 is 0 Å². The van der Waals surface area contributed by atoms with E-state index < -0.39 is 0 Å². The molecule has 0 amide bonds. The Kier molecular flexibility index (Phi) is 33.6. The van der Waals surface area contributed by atoms with Crippen LogP contribution in [-0.2, 0) is 21.7 Å². The third-order valence-electron chi connectivity index (χ3n) is 2.02. The van der Waals surface area contributed by atoms with E-state index in [4.69, 9.17) is 10.2 Å². The molecule has 0 radical (unpaired) electrons. The Morgan fingerprint density at radius 2 is 0.933 bits per heavy atom. The molecule has 0 aliphatic carbocycles. The van der Waals surface area contributed by atoms with E-state index in [0.29, 0.717) is 13.2 Å². The van der Waals surface area contributed by atoms with Crippen molar-refractivity contribution in [3.05, 3.63) is 0 Å². The van der Waals surface area contributed by atoms with Crippen LogP contribution >= 0.6 is 0 Å². The van der Waals surface area contributed by atoms with Crippen molar-refractivity contribution in [1.29, 1.82) is 0 Å². The number of aliphatic hydroxyl groups is 2. The second-order valence-corrected chi connectivity index (χ2v) is 3.57. The van der Waals surface area contributed by atoms with Crippen LogP contribution in [0.3, 0.4) is 0 Å². The summed E-state index contributed by atoms with van der Waals surface area (Å²) in [5.74, 6) is 0. The second-order valence-electron chi connectivity index (χ2n) is 3.57. The standard InChI is InChI=1S/2C6H14O.Ti/c2*1-2-3-4-5-6-7;/h2*7H,2-6H2,1H3;.